The van der Waals surface area contributed by atoms with Gasteiger partial charge in [-0.2, -0.15) is 0 Å². The molecule has 1 unspecified atom stereocenters. The van der Waals surface area contributed by atoms with Crippen molar-refractivity contribution in [1.82, 2.24) is 14.7 Å². The number of fused-ring (bicyclic) bond motifs is 1. The predicted molar refractivity (Wildman–Crippen MR) is 96.1 cm³/mol. The van der Waals surface area contributed by atoms with Crippen molar-refractivity contribution >= 4 is 12.1 Å². The Labute approximate surface area is 153 Å². The van der Waals surface area contributed by atoms with Crippen LogP contribution in [0.3, 0.4) is 0 Å². The summed E-state index contributed by atoms with van der Waals surface area (Å²) in [6.45, 7) is 13.0. The number of nitrogens with one attached hydrogen (secondary N) is 1. The van der Waals surface area contributed by atoms with Gasteiger partial charge in [0.1, 0.15) is 5.60 Å². The summed E-state index contributed by atoms with van der Waals surface area (Å²) in [4.78, 5) is 39.5. The van der Waals surface area contributed by atoms with E-state index in [4.69, 9.17) is 9.47 Å². The van der Waals surface area contributed by atoms with Gasteiger partial charge in [0.15, 0.2) is 6.04 Å². The van der Waals surface area contributed by atoms with Gasteiger partial charge in [0, 0.05) is 18.7 Å². The zero-order chi connectivity index (χ0) is 19.9. The number of aromatic amines is 1. The molecule has 0 fully saturated rings. The highest BCUT2D eigenvalue weighted by molar-refractivity contribution is 5.83. The number of H-pyrrole nitrogens is 1. The smallest absolute Gasteiger partial charge is 0.411 e. The van der Waals surface area contributed by atoms with Gasteiger partial charge >= 0.3 is 12.1 Å². The lowest BCUT2D eigenvalue weighted by Crippen LogP contribution is -2.48. The molecule has 0 saturated heterocycles. The van der Waals surface area contributed by atoms with Gasteiger partial charge in [0.05, 0.1) is 17.7 Å². The first-order valence-corrected chi connectivity index (χ1v) is 8.87. The number of esters is 1. The van der Waals surface area contributed by atoms with Crippen molar-refractivity contribution in [3.63, 3.8) is 0 Å². The number of aromatic nitrogens is 2. The van der Waals surface area contributed by atoms with E-state index in [1.54, 1.807) is 27.7 Å². The third-order valence-electron chi connectivity index (χ3n) is 4.00. The normalized spacial score (nSPS) is 17.7. The molecule has 0 bridgehead atoms. The molecule has 1 N–H and O–H groups in total. The maximum Gasteiger partial charge on any atom is 0.411 e. The average Bonchev–Trinajstić information content (AvgIpc) is 2.82. The summed E-state index contributed by atoms with van der Waals surface area (Å²) in [5, 5.41) is 3.09. The first-order valence-electron chi connectivity index (χ1n) is 8.87. The number of rotatable bonds is 2. The maximum atomic E-state index is 13.0. The molecule has 26 heavy (non-hydrogen) atoms. The molecule has 0 aromatic carbocycles. The summed E-state index contributed by atoms with van der Waals surface area (Å²) < 4.78 is 12.1. The van der Waals surface area contributed by atoms with E-state index < -0.39 is 29.2 Å². The molecule has 0 radical (unpaired) electrons. The van der Waals surface area contributed by atoms with Crippen LogP contribution in [-0.2, 0) is 26.2 Å². The molecule has 2 heterocycles. The zero-order valence-corrected chi connectivity index (χ0v) is 16.6. The van der Waals surface area contributed by atoms with Crippen molar-refractivity contribution in [1.29, 1.82) is 0 Å². The summed E-state index contributed by atoms with van der Waals surface area (Å²) in [7, 11) is 0. The zero-order valence-electron chi connectivity index (χ0n) is 16.6. The van der Waals surface area contributed by atoms with Gasteiger partial charge in [-0.05, 0) is 48.5 Å². The van der Waals surface area contributed by atoms with E-state index in [9.17, 15) is 14.4 Å². The molecule has 1 amide bonds. The quantitative estimate of drug-likeness (QED) is 0.810. The number of ether oxygens (including phenoxy) is 2. The summed E-state index contributed by atoms with van der Waals surface area (Å²) in [5.41, 5.74) is -0.595. The third kappa shape index (κ3) is 3.94. The first kappa shape index (κ1) is 20.1. The number of hydrogen-bond donors (Lipinski definition) is 1. The van der Waals surface area contributed by atoms with E-state index in [2.05, 4.69) is 5.10 Å². The number of carbonyl (C=O) groups excluding carboxylic acids is 2. The van der Waals surface area contributed by atoms with Crippen LogP contribution in [0.25, 0.3) is 0 Å². The van der Waals surface area contributed by atoms with Crippen molar-refractivity contribution in [2.24, 2.45) is 0 Å². The molecule has 1 aliphatic heterocycles. The van der Waals surface area contributed by atoms with Crippen LogP contribution in [0.1, 0.15) is 65.8 Å². The van der Waals surface area contributed by atoms with Crippen LogP contribution in [-0.4, -0.2) is 45.5 Å². The van der Waals surface area contributed by atoms with E-state index in [0.717, 1.165) is 0 Å². The van der Waals surface area contributed by atoms with Gasteiger partial charge in [-0.1, -0.05) is 0 Å². The Morgan fingerprint density at radius 3 is 2.31 bits per heavy atom. The second-order valence-electron chi connectivity index (χ2n) is 8.39. The monoisotopic (exact) mass is 367 g/mol. The number of hydrogen-bond acceptors (Lipinski definition) is 5. The molecule has 146 valence electrons. The largest absolute Gasteiger partial charge is 0.464 e. The van der Waals surface area contributed by atoms with Crippen molar-refractivity contribution < 1.29 is 19.1 Å². The average molecular weight is 367 g/mol. The third-order valence-corrected chi connectivity index (χ3v) is 4.00. The van der Waals surface area contributed by atoms with Crippen LogP contribution < -0.4 is 5.56 Å². The summed E-state index contributed by atoms with van der Waals surface area (Å²) in [6.07, 6.45) is -0.202. The fourth-order valence-corrected chi connectivity index (χ4v) is 2.94. The van der Waals surface area contributed by atoms with Gasteiger partial charge in [-0.3, -0.25) is 14.8 Å². The van der Waals surface area contributed by atoms with E-state index >= 15 is 0 Å². The molecule has 1 aromatic heterocycles. The van der Waals surface area contributed by atoms with Crippen molar-refractivity contribution in [3.05, 3.63) is 21.6 Å². The lowest BCUT2D eigenvalue weighted by molar-refractivity contribution is -0.150. The molecule has 0 aliphatic carbocycles. The molecule has 1 aromatic rings. The fraction of sp³-hybridized carbons (Fsp3) is 0.722. The minimum absolute atomic E-state index is 0.157. The Kier molecular flexibility index (Phi) is 5.26. The van der Waals surface area contributed by atoms with Crippen LogP contribution in [0.5, 0.6) is 0 Å². The standard InChI is InChI=1S/C18H29N3O5/c1-8-25-15(23)13-12-11(19-21(14(12)22)17(2,3)4)9-10-20(13)16(24)26-18(5,6)7/h13,19H,8-10H2,1-7H3. The lowest BCUT2D eigenvalue weighted by atomic mass is 9.99. The van der Waals surface area contributed by atoms with Gasteiger partial charge in [-0.15, -0.1) is 0 Å². The van der Waals surface area contributed by atoms with Crippen LogP contribution in [0, 0.1) is 0 Å². The Morgan fingerprint density at radius 2 is 1.81 bits per heavy atom. The highest BCUT2D eigenvalue weighted by Crippen LogP contribution is 2.30. The topological polar surface area (TPSA) is 93.6 Å². The number of amides is 1. The maximum absolute atomic E-state index is 13.0. The molecular weight excluding hydrogens is 338 g/mol. The van der Waals surface area contributed by atoms with E-state index in [1.807, 2.05) is 20.8 Å². The van der Waals surface area contributed by atoms with Crippen molar-refractivity contribution in [3.8, 4) is 0 Å². The highest BCUT2D eigenvalue weighted by atomic mass is 16.6. The molecule has 8 heteroatoms. The molecule has 0 spiro atoms. The molecule has 1 atom stereocenters. The highest BCUT2D eigenvalue weighted by Gasteiger charge is 2.43. The second kappa shape index (κ2) is 6.81. The predicted octanol–water partition coefficient (Wildman–Crippen LogP) is 2.33. The Bertz CT molecular complexity index is 748. The molecule has 0 saturated carbocycles. The van der Waals surface area contributed by atoms with Gasteiger partial charge in [0.25, 0.3) is 5.56 Å². The minimum atomic E-state index is -1.11. The molecule has 1 aliphatic rings. The fourth-order valence-electron chi connectivity index (χ4n) is 2.94. The van der Waals surface area contributed by atoms with Gasteiger partial charge < -0.3 is 9.47 Å². The summed E-state index contributed by atoms with van der Waals surface area (Å²) in [6, 6.07) is -1.11. The molecular formula is C18H29N3O5. The van der Waals surface area contributed by atoms with Crippen LogP contribution in [0.4, 0.5) is 4.79 Å². The van der Waals surface area contributed by atoms with Crippen molar-refractivity contribution in [2.75, 3.05) is 13.2 Å². The Morgan fingerprint density at radius 1 is 1.19 bits per heavy atom. The Balaban J connectivity index is 2.53. The first-order chi connectivity index (χ1) is 11.9. The van der Waals surface area contributed by atoms with E-state index in [1.165, 1.54) is 9.58 Å². The van der Waals surface area contributed by atoms with E-state index in [-0.39, 0.29) is 24.3 Å². The minimum Gasteiger partial charge on any atom is -0.464 e. The number of carbonyl (C=O) groups is 2. The van der Waals surface area contributed by atoms with Crippen LogP contribution in [0.2, 0.25) is 0 Å². The van der Waals surface area contributed by atoms with Crippen LogP contribution >= 0.6 is 0 Å². The SMILES string of the molecule is CCOC(=O)C1c2c([nH]n(C(C)(C)C)c2=O)CCN1C(=O)OC(C)(C)C. The Hall–Kier alpha value is -2.25. The summed E-state index contributed by atoms with van der Waals surface area (Å²) in [5.74, 6) is -0.628. The van der Waals surface area contributed by atoms with Gasteiger partial charge in [-0.25, -0.2) is 14.3 Å². The summed E-state index contributed by atoms with van der Waals surface area (Å²) >= 11 is 0. The second-order valence-corrected chi connectivity index (χ2v) is 8.39. The molecule has 2 rings (SSSR count). The molecule has 8 nitrogen and oxygen atoms in total. The van der Waals surface area contributed by atoms with Crippen molar-refractivity contribution in [2.45, 2.75) is 72.1 Å². The lowest BCUT2D eigenvalue weighted by Gasteiger charge is -2.34. The number of nitrogens with zero attached hydrogens (tertiary/aromatic N) is 2. The van der Waals surface area contributed by atoms with Gasteiger partial charge in [0.2, 0.25) is 0 Å². The van der Waals surface area contributed by atoms with E-state index in [0.29, 0.717) is 12.1 Å². The van der Waals surface area contributed by atoms with Crippen LogP contribution in [0.15, 0.2) is 4.79 Å².